The molecule has 0 bridgehead atoms. The molecule has 2 fully saturated rings. The van der Waals surface area contributed by atoms with Crippen LogP contribution < -0.4 is 0 Å². The highest BCUT2D eigenvalue weighted by Crippen LogP contribution is 2.47. The molecule has 14 heavy (non-hydrogen) atoms. The van der Waals surface area contributed by atoms with Crippen molar-refractivity contribution < 1.29 is 4.74 Å². The maximum Gasteiger partial charge on any atom is 0.0607 e. The van der Waals surface area contributed by atoms with Crippen LogP contribution >= 0.6 is 0 Å². The predicted octanol–water partition coefficient (Wildman–Crippen LogP) is 3.48. The summed E-state index contributed by atoms with van der Waals surface area (Å²) in [6, 6.07) is 0. The monoisotopic (exact) mass is 196 g/mol. The molecule has 0 aromatic rings. The van der Waals surface area contributed by atoms with E-state index in [0.29, 0.717) is 6.10 Å². The Hall–Kier alpha value is -0.0400. The van der Waals surface area contributed by atoms with E-state index in [9.17, 15) is 0 Å². The van der Waals surface area contributed by atoms with Gasteiger partial charge in [0.2, 0.25) is 0 Å². The molecule has 1 heteroatoms. The third-order valence-corrected chi connectivity index (χ3v) is 4.62. The second kappa shape index (κ2) is 4.22. The summed E-state index contributed by atoms with van der Waals surface area (Å²) in [5, 5.41) is 0. The van der Waals surface area contributed by atoms with Gasteiger partial charge < -0.3 is 4.74 Å². The Labute approximate surface area is 88.2 Å². The van der Waals surface area contributed by atoms with E-state index in [1.807, 2.05) is 0 Å². The minimum absolute atomic E-state index is 0.577. The third-order valence-electron chi connectivity index (χ3n) is 4.62. The van der Waals surface area contributed by atoms with Crippen LogP contribution in [-0.2, 0) is 4.74 Å². The van der Waals surface area contributed by atoms with Crippen molar-refractivity contribution >= 4 is 0 Å². The fourth-order valence-electron chi connectivity index (χ4n) is 3.68. The zero-order valence-corrected chi connectivity index (χ0v) is 9.83. The Kier molecular flexibility index (Phi) is 3.16. The van der Waals surface area contributed by atoms with E-state index >= 15 is 0 Å². The molecule has 5 unspecified atom stereocenters. The smallest absolute Gasteiger partial charge is 0.0607 e. The molecule has 2 rings (SSSR count). The summed E-state index contributed by atoms with van der Waals surface area (Å²) in [5.74, 6) is 3.61. The van der Waals surface area contributed by atoms with Crippen LogP contribution in [0, 0.1) is 23.7 Å². The molecule has 0 amide bonds. The van der Waals surface area contributed by atoms with Gasteiger partial charge in [0.05, 0.1) is 12.7 Å². The van der Waals surface area contributed by atoms with E-state index in [4.69, 9.17) is 4.74 Å². The van der Waals surface area contributed by atoms with Crippen molar-refractivity contribution in [1.29, 1.82) is 0 Å². The fourth-order valence-corrected chi connectivity index (χ4v) is 3.68. The summed E-state index contributed by atoms with van der Waals surface area (Å²) in [6.45, 7) is 8.09. The molecule has 5 atom stereocenters. The number of hydrogen-bond acceptors (Lipinski definition) is 1. The first kappa shape index (κ1) is 10.5. The maximum atomic E-state index is 5.95. The zero-order chi connectivity index (χ0) is 10.1. The Morgan fingerprint density at radius 3 is 2.57 bits per heavy atom. The molecular weight excluding hydrogens is 172 g/mol. The molecule has 0 radical (unpaired) electrons. The Morgan fingerprint density at radius 1 is 1.14 bits per heavy atom. The molecule has 1 saturated heterocycles. The average Bonchev–Trinajstić information content (AvgIpc) is 2.63. The second-order valence-corrected chi connectivity index (χ2v) is 5.24. The molecule has 2 aliphatic rings. The lowest BCUT2D eigenvalue weighted by Gasteiger charge is -2.38. The molecule has 1 nitrogen and oxygen atoms in total. The van der Waals surface area contributed by atoms with Crippen molar-refractivity contribution in [2.24, 2.45) is 23.7 Å². The molecule has 1 aliphatic carbocycles. The molecular formula is C13H24O. The van der Waals surface area contributed by atoms with E-state index in [0.717, 1.165) is 30.3 Å². The molecule has 0 aromatic carbocycles. The summed E-state index contributed by atoms with van der Waals surface area (Å²) < 4.78 is 5.95. The number of hydrogen-bond donors (Lipinski definition) is 0. The molecule has 0 N–H and O–H groups in total. The first-order valence-corrected chi connectivity index (χ1v) is 6.39. The number of fused-ring (bicyclic) bond motifs is 1. The molecule has 82 valence electrons. The average molecular weight is 196 g/mol. The van der Waals surface area contributed by atoms with Crippen molar-refractivity contribution in [2.75, 3.05) is 6.61 Å². The van der Waals surface area contributed by atoms with Gasteiger partial charge >= 0.3 is 0 Å². The first-order chi connectivity index (χ1) is 6.77. The largest absolute Gasteiger partial charge is 0.378 e. The highest BCUT2D eigenvalue weighted by atomic mass is 16.5. The van der Waals surface area contributed by atoms with E-state index in [1.54, 1.807) is 0 Å². The van der Waals surface area contributed by atoms with Crippen molar-refractivity contribution in [3.8, 4) is 0 Å². The zero-order valence-electron chi connectivity index (χ0n) is 9.83. The fraction of sp³-hybridized carbons (Fsp3) is 1.00. The molecule has 0 spiro atoms. The SMILES string of the molecule is CCC1CCC(C)C2COC(CC)C12. The van der Waals surface area contributed by atoms with Crippen LogP contribution in [0.4, 0.5) is 0 Å². The van der Waals surface area contributed by atoms with Crippen LogP contribution in [0.15, 0.2) is 0 Å². The minimum Gasteiger partial charge on any atom is -0.378 e. The Balaban J connectivity index is 2.12. The van der Waals surface area contributed by atoms with Crippen LogP contribution in [0.25, 0.3) is 0 Å². The summed E-state index contributed by atoms with van der Waals surface area (Å²) in [4.78, 5) is 0. The van der Waals surface area contributed by atoms with Gasteiger partial charge in [0.1, 0.15) is 0 Å². The lowest BCUT2D eigenvalue weighted by molar-refractivity contribution is 0.0630. The van der Waals surface area contributed by atoms with E-state index in [2.05, 4.69) is 20.8 Å². The van der Waals surface area contributed by atoms with E-state index in [1.165, 1.54) is 25.7 Å². The van der Waals surface area contributed by atoms with Crippen LogP contribution in [0.3, 0.4) is 0 Å². The van der Waals surface area contributed by atoms with Crippen LogP contribution in [0.5, 0.6) is 0 Å². The lowest BCUT2D eigenvalue weighted by atomic mass is 9.65. The number of ether oxygens (including phenoxy) is 1. The van der Waals surface area contributed by atoms with Crippen molar-refractivity contribution in [3.05, 3.63) is 0 Å². The molecule has 1 saturated carbocycles. The third kappa shape index (κ3) is 1.60. The topological polar surface area (TPSA) is 9.23 Å². The Morgan fingerprint density at radius 2 is 1.93 bits per heavy atom. The predicted molar refractivity (Wildman–Crippen MR) is 59.2 cm³/mol. The van der Waals surface area contributed by atoms with Crippen LogP contribution in [0.1, 0.15) is 46.5 Å². The van der Waals surface area contributed by atoms with E-state index in [-0.39, 0.29) is 0 Å². The van der Waals surface area contributed by atoms with Crippen molar-refractivity contribution in [2.45, 2.75) is 52.6 Å². The van der Waals surface area contributed by atoms with Gasteiger partial charge in [-0.15, -0.1) is 0 Å². The first-order valence-electron chi connectivity index (χ1n) is 6.39. The van der Waals surface area contributed by atoms with Gasteiger partial charge in [0.25, 0.3) is 0 Å². The van der Waals surface area contributed by atoms with Gasteiger partial charge in [-0.3, -0.25) is 0 Å². The second-order valence-electron chi connectivity index (χ2n) is 5.24. The van der Waals surface area contributed by atoms with Crippen molar-refractivity contribution in [1.82, 2.24) is 0 Å². The minimum atomic E-state index is 0.577. The summed E-state index contributed by atoms with van der Waals surface area (Å²) in [6.07, 6.45) is 6.02. The normalized spacial score (nSPS) is 47.8. The van der Waals surface area contributed by atoms with Crippen LogP contribution in [-0.4, -0.2) is 12.7 Å². The molecule has 0 aromatic heterocycles. The van der Waals surface area contributed by atoms with Gasteiger partial charge in [-0.05, 0) is 36.5 Å². The van der Waals surface area contributed by atoms with Gasteiger partial charge in [0.15, 0.2) is 0 Å². The number of rotatable bonds is 2. The van der Waals surface area contributed by atoms with Gasteiger partial charge in [-0.25, -0.2) is 0 Å². The van der Waals surface area contributed by atoms with Gasteiger partial charge in [-0.1, -0.05) is 33.6 Å². The highest BCUT2D eigenvalue weighted by molar-refractivity contribution is 4.93. The van der Waals surface area contributed by atoms with E-state index < -0.39 is 0 Å². The summed E-state index contributed by atoms with van der Waals surface area (Å²) >= 11 is 0. The van der Waals surface area contributed by atoms with Crippen LogP contribution in [0.2, 0.25) is 0 Å². The quantitative estimate of drug-likeness (QED) is 0.657. The summed E-state index contributed by atoms with van der Waals surface area (Å²) in [5.41, 5.74) is 0. The summed E-state index contributed by atoms with van der Waals surface area (Å²) in [7, 11) is 0. The molecule has 1 heterocycles. The highest BCUT2D eigenvalue weighted by Gasteiger charge is 2.45. The maximum absolute atomic E-state index is 5.95. The lowest BCUT2D eigenvalue weighted by Crippen LogP contribution is -2.35. The van der Waals surface area contributed by atoms with Gasteiger partial charge in [-0.2, -0.15) is 0 Å². The van der Waals surface area contributed by atoms with Gasteiger partial charge in [0, 0.05) is 0 Å². The standard InChI is InChI=1S/C13H24O/c1-4-10-7-6-9(3)11-8-14-12(5-2)13(10)11/h9-13H,4-8H2,1-3H3. The van der Waals surface area contributed by atoms with Crippen molar-refractivity contribution in [3.63, 3.8) is 0 Å². The Bertz CT molecular complexity index is 190. The molecule has 1 aliphatic heterocycles.